The molecule has 1 amide bonds. The van der Waals surface area contributed by atoms with Crippen molar-refractivity contribution >= 4 is 11.6 Å². The zero-order valence-corrected chi connectivity index (χ0v) is 7.35. The molecule has 0 fully saturated rings. The predicted molar refractivity (Wildman–Crippen MR) is 47.1 cm³/mol. The van der Waals surface area contributed by atoms with Gasteiger partial charge in [0.05, 0.1) is 4.92 Å². The Morgan fingerprint density at radius 2 is 2.21 bits per heavy atom. The van der Waals surface area contributed by atoms with E-state index in [2.05, 4.69) is 0 Å². The number of nitrogens with zero attached hydrogens (tertiary/aromatic N) is 1. The first-order chi connectivity index (χ1) is 6.56. The molecule has 1 aromatic rings. The summed E-state index contributed by atoms with van der Waals surface area (Å²) in [7, 11) is 0. The number of benzene rings is 1. The lowest BCUT2D eigenvalue weighted by atomic mass is 10.1. The largest absolute Gasteiger partial charge is 0.288 e. The van der Waals surface area contributed by atoms with Gasteiger partial charge in [-0.3, -0.25) is 20.1 Å². The fourth-order valence-corrected chi connectivity index (χ4v) is 1.04. The van der Waals surface area contributed by atoms with Crippen LogP contribution in [0.15, 0.2) is 18.2 Å². The van der Waals surface area contributed by atoms with Gasteiger partial charge in [0.1, 0.15) is 5.56 Å². The molecule has 0 heterocycles. The van der Waals surface area contributed by atoms with Gasteiger partial charge in [-0.15, -0.1) is 0 Å². The van der Waals surface area contributed by atoms with Crippen molar-refractivity contribution in [2.24, 2.45) is 0 Å². The maximum atomic E-state index is 11.0. The lowest BCUT2D eigenvalue weighted by Crippen LogP contribution is -2.19. The number of nitro benzene ring substituents is 1. The monoisotopic (exact) mass is 196 g/mol. The molecule has 0 unspecified atom stereocenters. The van der Waals surface area contributed by atoms with Gasteiger partial charge >= 0.3 is 0 Å². The van der Waals surface area contributed by atoms with Crippen molar-refractivity contribution < 1.29 is 14.9 Å². The van der Waals surface area contributed by atoms with Crippen LogP contribution in [0.5, 0.6) is 0 Å². The van der Waals surface area contributed by atoms with E-state index in [4.69, 9.17) is 5.21 Å². The zero-order valence-electron chi connectivity index (χ0n) is 7.35. The second-order valence-corrected chi connectivity index (χ2v) is 2.72. The van der Waals surface area contributed by atoms with E-state index in [1.165, 1.54) is 17.6 Å². The molecule has 0 bridgehead atoms. The van der Waals surface area contributed by atoms with Crippen molar-refractivity contribution in [1.82, 2.24) is 5.48 Å². The number of amides is 1. The van der Waals surface area contributed by atoms with E-state index < -0.39 is 10.8 Å². The van der Waals surface area contributed by atoms with Crippen LogP contribution in [0.2, 0.25) is 0 Å². The van der Waals surface area contributed by atoms with Gasteiger partial charge in [0.15, 0.2) is 0 Å². The number of nitrogens with one attached hydrogen (secondary N) is 1. The SMILES string of the molecule is Cc1ccc(C(=O)NO)c([N+](=O)[O-])c1. The zero-order chi connectivity index (χ0) is 10.7. The highest BCUT2D eigenvalue weighted by Crippen LogP contribution is 2.19. The van der Waals surface area contributed by atoms with Gasteiger partial charge in [0.25, 0.3) is 11.6 Å². The molecule has 0 saturated carbocycles. The molecule has 0 aliphatic heterocycles. The van der Waals surface area contributed by atoms with Gasteiger partial charge < -0.3 is 0 Å². The summed E-state index contributed by atoms with van der Waals surface area (Å²) in [6.07, 6.45) is 0. The summed E-state index contributed by atoms with van der Waals surface area (Å²) in [5.74, 6) is -0.892. The van der Waals surface area contributed by atoms with Gasteiger partial charge in [0, 0.05) is 6.07 Å². The third-order valence-electron chi connectivity index (χ3n) is 1.70. The number of carbonyl (C=O) groups excluding carboxylic acids is 1. The normalized spacial score (nSPS) is 9.57. The summed E-state index contributed by atoms with van der Waals surface area (Å²) in [5, 5.41) is 18.9. The molecule has 74 valence electrons. The number of rotatable bonds is 2. The van der Waals surface area contributed by atoms with Crippen molar-refractivity contribution in [3.8, 4) is 0 Å². The van der Waals surface area contributed by atoms with Gasteiger partial charge in [0.2, 0.25) is 0 Å². The van der Waals surface area contributed by atoms with Gasteiger partial charge in [-0.25, -0.2) is 5.48 Å². The predicted octanol–water partition coefficient (Wildman–Crippen LogP) is 1.02. The van der Waals surface area contributed by atoms with E-state index in [1.807, 2.05) is 0 Å². The molecule has 6 nitrogen and oxygen atoms in total. The molecule has 0 saturated heterocycles. The molecule has 0 aliphatic rings. The Morgan fingerprint density at radius 3 is 2.71 bits per heavy atom. The first-order valence-corrected chi connectivity index (χ1v) is 3.75. The van der Waals surface area contributed by atoms with E-state index in [0.29, 0.717) is 5.56 Å². The van der Waals surface area contributed by atoms with Crippen LogP contribution in [0.3, 0.4) is 0 Å². The van der Waals surface area contributed by atoms with E-state index in [1.54, 1.807) is 13.0 Å². The van der Waals surface area contributed by atoms with Crippen LogP contribution >= 0.6 is 0 Å². The van der Waals surface area contributed by atoms with Crippen molar-refractivity contribution in [3.05, 3.63) is 39.4 Å². The van der Waals surface area contributed by atoms with Gasteiger partial charge in [-0.1, -0.05) is 6.07 Å². The molecule has 1 aromatic carbocycles. The number of aryl methyl sites for hydroxylation is 1. The van der Waals surface area contributed by atoms with E-state index in [9.17, 15) is 14.9 Å². The van der Waals surface area contributed by atoms with Crippen molar-refractivity contribution in [3.63, 3.8) is 0 Å². The smallest absolute Gasteiger partial charge is 0.282 e. The summed E-state index contributed by atoms with van der Waals surface area (Å²) in [5.41, 5.74) is 1.54. The highest BCUT2D eigenvalue weighted by Gasteiger charge is 2.19. The molecule has 2 N–H and O–H groups in total. The second-order valence-electron chi connectivity index (χ2n) is 2.72. The topological polar surface area (TPSA) is 92.5 Å². The number of hydrogen-bond donors (Lipinski definition) is 2. The van der Waals surface area contributed by atoms with Gasteiger partial charge in [-0.2, -0.15) is 0 Å². The van der Waals surface area contributed by atoms with Crippen LogP contribution in [-0.2, 0) is 0 Å². The molecule has 0 aliphatic carbocycles. The minimum Gasteiger partial charge on any atom is -0.288 e. The summed E-state index contributed by atoms with van der Waals surface area (Å²) in [6, 6.07) is 4.11. The first-order valence-electron chi connectivity index (χ1n) is 3.75. The van der Waals surface area contributed by atoms with Crippen LogP contribution in [0.4, 0.5) is 5.69 Å². The van der Waals surface area contributed by atoms with Crippen LogP contribution in [0, 0.1) is 17.0 Å². The molecule has 0 aromatic heterocycles. The fourth-order valence-electron chi connectivity index (χ4n) is 1.04. The van der Waals surface area contributed by atoms with E-state index in [0.717, 1.165) is 0 Å². The third kappa shape index (κ3) is 1.86. The van der Waals surface area contributed by atoms with Crippen LogP contribution in [0.25, 0.3) is 0 Å². The van der Waals surface area contributed by atoms with Crippen molar-refractivity contribution in [2.45, 2.75) is 6.92 Å². The molecular formula is C8H8N2O4. The first kappa shape index (κ1) is 10.1. The minimum absolute atomic E-state index is 0.164. The maximum absolute atomic E-state index is 11.0. The summed E-state index contributed by atoms with van der Waals surface area (Å²) in [6.45, 7) is 1.67. The van der Waals surface area contributed by atoms with Gasteiger partial charge in [-0.05, 0) is 18.6 Å². The Labute approximate surface area is 79.3 Å². The van der Waals surface area contributed by atoms with Crippen molar-refractivity contribution in [2.75, 3.05) is 0 Å². The number of hydroxylamine groups is 1. The van der Waals surface area contributed by atoms with Crippen LogP contribution < -0.4 is 5.48 Å². The lowest BCUT2D eigenvalue weighted by Gasteiger charge is -2.01. The Balaban J connectivity index is 3.28. The Hall–Kier alpha value is -1.95. The molecular weight excluding hydrogens is 188 g/mol. The number of carbonyl (C=O) groups is 1. The summed E-state index contributed by atoms with van der Waals surface area (Å²) in [4.78, 5) is 20.9. The molecule has 0 atom stereocenters. The molecule has 14 heavy (non-hydrogen) atoms. The second kappa shape index (κ2) is 3.84. The Morgan fingerprint density at radius 1 is 1.57 bits per heavy atom. The average molecular weight is 196 g/mol. The number of hydrogen-bond acceptors (Lipinski definition) is 4. The van der Waals surface area contributed by atoms with Crippen LogP contribution in [0.1, 0.15) is 15.9 Å². The van der Waals surface area contributed by atoms with Crippen LogP contribution in [-0.4, -0.2) is 16.0 Å². The van der Waals surface area contributed by atoms with E-state index in [-0.39, 0.29) is 11.3 Å². The Bertz CT molecular complexity index is 389. The van der Waals surface area contributed by atoms with E-state index >= 15 is 0 Å². The Kier molecular flexibility index (Phi) is 2.78. The molecule has 0 radical (unpaired) electrons. The minimum atomic E-state index is -0.892. The van der Waals surface area contributed by atoms with Crippen molar-refractivity contribution in [1.29, 1.82) is 0 Å². The third-order valence-corrected chi connectivity index (χ3v) is 1.70. The average Bonchev–Trinajstić information content (AvgIpc) is 2.16. The molecule has 6 heteroatoms. The maximum Gasteiger partial charge on any atom is 0.282 e. The lowest BCUT2D eigenvalue weighted by molar-refractivity contribution is -0.385. The standard InChI is InChI=1S/C8H8N2O4/c1-5-2-3-6(8(11)9-12)7(4-5)10(13)14/h2-4,12H,1H3,(H,9,11). The highest BCUT2D eigenvalue weighted by molar-refractivity contribution is 5.97. The quantitative estimate of drug-likeness (QED) is 0.419. The summed E-state index contributed by atoms with van der Waals surface area (Å²) >= 11 is 0. The molecule has 1 rings (SSSR count). The highest BCUT2D eigenvalue weighted by atomic mass is 16.6. The fraction of sp³-hybridized carbons (Fsp3) is 0.125. The number of nitro groups is 1. The molecule has 0 spiro atoms. The summed E-state index contributed by atoms with van der Waals surface area (Å²) < 4.78 is 0.